The van der Waals surface area contributed by atoms with Gasteiger partial charge in [-0.3, -0.25) is 9.20 Å². The third kappa shape index (κ3) is 5.94. The number of rotatable bonds is 6. The van der Waals surface area contributed by atoms with E-state index in [1.807, 2.05) is 18.2 Å². The second-order valence-corrected chi connectivity index (χ2v) is 6.94. The molecule has 1 aromatic carbocycles. The summed E-state index contributed by atoms with van der Waals surface area (Å²) >= 11 is 1.35. The van der Waals surface area contributed by atoms with E-state index in [0.29, 0.717) is 35.0 Å². The number of fused-ring (bicyclic) bond motifs is 1. The summed E-state index contributed by atoms with van der Waals surface area (Å²) in [6, 6.07) is 11.0. The van der Waals surface area contributed by atoms with Crippen molar-refractivity contribution in [1.29, 1.82) is 0 Å². The summed E-state index contributed by atoms with van der Waals surface area (Å²) < 4.78 is 47.9. The van der Waals surface area contributed by atoms with Crippen LogP contribution >= 0.6 is 11.8 Å². The van der Waals surface area contributed by atoms with Crippen molar-refractivity contribution in [3.8, 4) is 17.6 Å². The Labute approximate surface area is 175 Å². The molecule has 0 aliphatic carbocycles. The lowest BCUT2D eigenvalue weighted by Gasteiger charge is -2.08. The van der Waals surface area contributed by atoms with E-state index in [1.165, 1.54) is 30.0 Å². The predicted molar refractivity (Wildman–Crippen MR) is 107 cm³/mol. The number of hydrogen-bond donors (Lipinski definition) is 0. The molecule has 0 radical (unpaired) electrons. The number of imidazole rings is 1. The molecule has 0 aliphatic heterocycles. The third-order valence-electron chi connectivity index (χ3n) is 3.76. The number of aromatic nitrogens is 2. The van der Waals surface area contributed by atoms with Crippen LogP contribution in [-0.4, -0.2) is 34.1 Å². The highest BCUT2D eigenvalue weighted by Crippen LogP contribution is 2.23. The topological polar surface area (TPSA) is 52.8 Å². The Morgan fingerprint density at radius 3 is 2.80 bits per heavy atom. The minimum absolute atomic E-state index is 0.186. The summed E-state index contributed by atoms with van der Waals surface area (Å²) in [7, 11) is 0. The first-order chi connectivity index (χ1) is 14.4. The quantitative estimate of drug-likeness (QED) is 0.425. The number of esters is 1. The minimum Gasteiger partial charge on any atom is -0.465 e. The first-order valence-corrected chi connectivity index (χ1v) is 10.1. The van der Waals surface area contributed by atoms with Gasteiger partial charge in [0, 0.05) is 17.5 Å². The molecule has 0 spiro atoms. The maximum atomic E-state index is 12.4. The molecule has 3 aromatic rings. The van der Waals surface area contributed by atoms with Crippen LogP contribution in [0.25, 0.3) is 5.65 Å². The SMILES string of the molecule is CCOC(=O)CSCc1nc2ccccn2c1C#Cc1cccc(OC(F)(F)F)c1. The number of nitrogens with zero attached hydrogens (tertiary/aromatic N) is 2. The molecule has 0 aliphatic rings. The zero-order valence-electron chi connectivity index (χ0n) is 15.9. The second-order valence-electron chi connectivity index (χ2n) is 5.96. The largest absolute Gasteiger partial charge is 0.573 e. The molecule has 0 atom stereocenters. The Hall–Kier alpha value is -3.12. The van der Waals surface area contributed by atoms with E-state index >= 15 is 0 Å². The van der Waals surface area contributed by atoms with Gasteiger partial charge in [-0.25, -0.2) is 4.98 Å². The van der Waals surface area contributed by atoms with E-state index in [-0.39, 0.29) is 17.5 Å². The summed E-state index contributed by atoms with van der Waals surface area (Å²) in [6.45, 7) is 2.06. The van der Waals surface area contributed by atoms with Gasteiger partial charge in [-0.1, -0.05) is 18.1 Å². The molecule has 0 unspecified atom stereocenters. The van der Waals surface area contributed by atoms with Crippen molar-refractivity contribution < 1.29 is 27.4 Å². The first kappa shape index (κ1) is 21.6. The van der Waals surface area contributed by atoms with Crippen molar-refractivity contribution in [2.24, 2.45) is 0 Å². The molecule has 3 rings (SSSR count). The van der Waals surface area contributed by atoms with Gasteiger partial charge in [0.1, 0.15) is 17.1 Å². The van der Waals surface area contributed by atoms with Gasteiger partial charge in [0.2, 0.25) is 0 Å². The number of alkyl halides is 3. The molecule has 156 valence electrons. The Balaban J connectivity index is 1.85. The number of carbonyl (C=O) groups is 1. The van der Waals surface area contributed by atoms with Crippen LogP contribution in [0.1, 0.15) is 23.9 Å². The van der Waals surface area contributed by atoms with E-state index in [4.69, 9.17) is 4.74 Å². The first-order valence-electron chi connectivity index (χ1n) is 8.93. The van der Waals surface area contributed by atoms with Crippen LogP contribution in [-0.2, 0) is 15.3 Å². The van der Waals surface area contributed by atoms with E-state index in [9.17, 15) is 18.0 Å². The van der Waals surface area contributed by atoms with Crippen LogP contribution in [0, 0.1) is 11.8 Å². The van der Waals surface area contributed by atoms with Crippen LogP contribution in [0.2, 0.25) is 0 Å². The predicted octanol–water partition coefficient (Wildman–Crippen LogP) is 4.43. The lowest BCUT2D eigenvalue weighted by molar-refractivity contribution is -0.274. The number of pyridine rings is 1. The molecule has 0 saturated heterocycles. The number of benzene rings is 1. The van der Waals surface area contributed by atoms with Crippen LogP contribution in [0.5, 0.6) is 5.75 Å². The Bertz CT molecular complexity index is 1100. The number of ether oxygens (including phenoxy) is 2. The van der Waals surface area contributed by atoms with E-state index < -0.39 is 6.36 Å². The van der Waals surface area contributed by atoms with Crippen molar-refractivity contribution in [2.45, 2.75) is 19.0 Å². The fourth-order valence-electron chi connectivity index (χ4n) is 2.61. The van der Waals surface area contributed by atoms with E-state index in [2.05, 4.69) is 21.6 Å². The van der Waals surface area contributed by atoms with Crippen LogP contribution in [0.3, 0.4) is 0 Å². The lowest BCUT2D eigenvalue weighted by Crippen LogP contribution is -2.17. The zero-order chi connectivity index (χ0) is 21.6. The standard InChI is InChI=1S/C21H17F3N2O3S/c1-2-28-20(27)14-30-13-17-18(26-11-4-3-8-19(26)25-17)10-9-15-6-5-7-16(12-15)29-21(22,23)24/h3-8,11-12H,2,13-14H2,1H3. The van der Waals surface area contributed by atoms with Crippen molar-refractivity contribution in [3.63, 3.8) is 0 Å². The zero-order valence-corrected chi connectivity index (χ0v) is 16.7. The minimum atomic E-state index is -4.77. The molecule has 30 heavy (non-hydrogen) atoms. The molecule has 0 fully saturated rings. The number of carbonyl (C=O) groups excluding carboxylic acids is 1. The van der Waals surface area contributed by atoms with Crippen LogP contribution in [0.15, 0.2) is 48.7 Å². The van der Waals surface area contributed by atoms with E-state index in [0.717, 1.165) is 0 Å². The fraction of sp³-hybridized carbons (Fsp3) is 0.238. The highest BCUT2D eigenvalue weighted by Gasteiger charge is 2.31. The van der Waals surface area contributed by atoms with Gasteiger partial charge in [0.05, 0.1) is 18.1 Å². The van der Waals surface area contributed by atoms with Crippen molar-refractivity contribution in [1.82, 2.24) is 9.38 Å². The van der Waals surface area contributed by atoms with Gasteiger partial charge >= 0.3 is 12.3 Å². The summed E-state index contributed by atoms with van der Waals surface area (Å²) in [4.78, 5) is 16.1. The molecule has 0 N–H and O–H groups in total. The maximum absolute atomic E-state index is 12.4. The Kier molecular flexibility index (Phi) is 6.90. The summed E-state index contributed by atoms with van der Waals surface area (Å²) in [6.07, 6.45) is -2.97. The average Bonchev–Trinajstić information content (AvgIpc) is 3.03. The molecular formula is C21H17F3N2O3S. The number of hydrogen-bond acceptors (Lipinski definition) is 5. The summed E-state index contributed by atoms with van der Waals surface area (Å²) in [5.74, 6) is 5.83. The molecule has 0 amide bonds. The van der Waals surface area contributed by atoms with Crippen LogP contribution in [0.4, 0.5) is 13.2 Å². The normalized spacial score (nSPS) is 11.1. The van der Waals surface area contributed by atoms with Gasteiger partial charge in [-0.05, 0) is 43.2 Å². The van der Waals surface area contributed by atoms with Gasteiger partial charge < -0.3 is 9.47 Å². The van der Waals surface area contributed by atoms with Gasteiger partial charge in [0.15, 0.2) is 0 Å². The molecule has 9 heteroatoms. The smallest absolute Gasteiger partial charge is 0.465 e. The van der Waals surface area contributed by atoms with Crippen molar-refractivity contribution >= 4 is 23.4 Å². The van der Waals surface area contributed by atoms with Gasteiger partial charge in [-0.2, -0.15) is 0 Å². The lowest BCUT2D eigenvalue weighted by atomic mass is 10.2. The van der Waals surface area contributed by atoms with Gasteiger partial charge in [0.25, 0.3) is 0 Å². The molecular weight excluding hydrogens is 417 g/mol. The van der Waals surface area contributed by atoms with Crippen molar-refractivity contribution in [3.05, 3.63) is 65.6 Å². The Morgan fingerprint density at radius 2 is 2.03 bits per heavy atom. The monoisotopic (exact) mass is 434 g/mol. The third-order valence-corrected chi connectivity index (χ3v) is 4.68. The second kappa shape index (κ2) is 9.59. The Morgan fingerprint density at radius 1 is 1.20 bits per heavy atom. The number of halogens is 3. The highest BCUT2D eigenvalue weighted by molar-refractivity contribution is 7.99. The van der Waals surface area contributed by atoms with Gasteiger partial charge in [-0.15, -0.1) is 24.9 Å². The van der Waals surface area contributed by atoms with E-state index in [1.54, 1.807) is 23.6 Å². The molecule has 0 saturated carbocycles. The molecule has 2 aromatic heterocycles. The highest BCUT2D eigenvalue weighted by atomic mass is 32.2. The molecule has 2 heterocycles. The molecule has 0 bridgehead atoms. The number of thioether (sulfide) groups is 1. The average molecular weight is 434 g/mol. The maximum Gasteiger partial charge on any atom is 0.573 e. The summed E-state index contributed by atoms with van der Waals surface area (Å²) in [5, 5.41) is 0. The summed E-state index contributed by atoms with van der Waals surface area (Å²) in [5.41, 5.74) is 2.32. The molecule has 5 nitrogen and oxygen atoms in total. The fourth-order valence-corrected chi connectivity index (χ4v) is 3.36. The van der Waals surface area contributed by atoms with Crippen LogP contribution < -0.4 is 4.74 Å². The van der Waals surface area contributed by atoms with Crippen molar-refractivity contribution in [2.75, 3.05) is 12.4 Å².